The monoisotopic (exact) mass is 324 g/mol. The topological polar surface area (TPSA) is 82.6 Å². The Bertz CT molecular complexity index is 612. The smallest absolute Gasteiger partial charge is 0.215 e. The van der Waals surface area contributed by atoms with Crippen LogP contribution in [0.4, 0.5) is 0 Å². The van der Waals surface area contributed by atoms with Crippen LogP contribution in [-0.4, -0.2) is 34.5 Å². The molecule has 1 aromatic carbocycles. The molecule has 6 nitrogen and oxygen atoms in total. The third kappa shape index (κ3) is 6.73. The molecule has 0 aliphatic heterocycles. The number of sulfonamides is 1. The van der Waals surface area contributed by atoms with Crippen LogP contribution in [0.15, 0.2) is 41.9 Å². The van der Waals surface area contributed by atoms with Crippen LogP contribution in [0.1, 0.15) is 18.1 Å². The molecular weight excluding hydrogens is 300 g/mol. The number of aliphatic imine (C=N–C) groups is 1. The summed E-state index contributed by atoms with van der Waals surface area (Å²) >= 11 is 0. The lowest BCUT2D eigenvalue weighted by Gasteiger charge is -2.10. The molecule has 1 aromatic rings. The lowest BCUT2D eigenvalue weighted by atomic mass is 10.1. The van der Waals surface area contributed by atoms with Crippen molar-refractivity contribution in [1.29, 1.82) is 0 Å². The van der Waals surface area contributed by atoms with Gasteiger partial charge in [-0.15, -0.1) is 6.58 Å². The van der Waals surface area contributed by atoms with Gasteiger partial charge in [-0.05, 0) is 25.1 Å². The molecular formula is C15H24N4O2S. The van der Waals surface area contributed by atoms with Crippen LogP contribution in [0.5, 0.6) is 0 Å². The fraction of sp³-hybridized carbons (Fsp3) is 0.400. The maximum Gasteiger partial charge on any atom is 0.215 e. The highest BCUT2D eigenvalue weighted by molar-refractivity contribution is 7.88. The number of hydrogen-bond acceptors (Lipinski definition) is 3. The van der Waals surface area contributed by atoms with Crippen LogP contribution < -0.4 is 15.4 Å². The predicted octanol–water partition coefficient (Wildman–Crippen LogP) is 0.977. The van der Waals surface area contributed by atoms with Gasteiger partial charge in [0.1, 0.15) is 0 Å². The summed E-state index contributed by atoms with van der Waals surface area (Å²) in [7, 11) is -1.85. The van der Waals surface area contributed by atoms with E-state index in [2.05, 4.69) is 26.9 Å². The van der Waals surface area contributed by atoms with Crippen molar-refractivity contribution in [1.82, 2.24) is 15.4 Å². The fourth-order valence-corrected chi connectivity index (χ4v) is 2.55. The Morgan fingerprint density at radius 2 is 2.05 bits per heavy atom. The van der Waals surface area contributed by atoms with E-state index >= 15 is 0 Å². The van der Waals surface area contributed by atoms with Crippen molar-refractivity contribution >= 4 is 16.0 Å². The summed E-state index contributed by atoms with van der Waals surface area (Å²) in [5.74, 6) is 0.672. The molecule has 0 unspecified atom stereocenters. The predicted molar refractivity (Wildman–Crippen MR) is 91.1 cm³/mol. The zero-order valence-corrected chi connectivity index (χ0v) is 13.9. The lowest BCUT2D eigenvalue weighted by Crippen LogP contribution is -2.37. The Hall–Kier alpha value is -1.86. The lowest BCUT2D eigenvalue weighted by molar-refractivity contribution is 0.587. The molecule has 3 N–H and O–H groups in total. The van der Waals surface area contributed by atoms with Gasteiger partial charge < -0.3 is 10.6 Å². The average molecular weight is 324 g/mol. The third-order valence-corrected chi connectivity index (χ3v) is 4.17. The van der Waals surface area contributed by atoms with Crippen molar-refractivity contribution < 1.29 is 8.42 Å². The van der Waals surface area contributed by atoms with E-state index in [-0.39, 0.29) is 5.75 Å². The zero-order valence-electron chi connectivity index (χ0n) is 13.1. The first-order valence-corrected chi connectivity index (χ1v) is 8.78. The normalized spacial score (nSPS) is 12.0. The molecule has 1 rings (SSSR count). The minimum Gasteiger partial charge on any atom is -0.357 e. The largest absolute Gasteiger partial charge is 0.357 e. The van der Waals surface area contributed by atoms with Crippen LogP contribution in [-0.2, 0) is 22.3 Å². The minimum absolute atomic E-state index is 0.0319. The highest BCUT2D eigenvalue weighted by Gasteiger charge is 2.08. The van der Waals surface area contributed by atoms with Crippen molar-refractivity contribution in [3.63, 3.8) is 0 Å². The van der Waals surface area contributed by atoms with Gasteiger partial charge in [0.05, 0.1) is 12.3 Å². The molecule has 0 bridgehead atoms. The van der Waals surface area contributed by atoms with E-state index < -0.39 is 10.0 Å². The first kappa shape index (κ1) is 18.2. The number of nitrogens with zero attached hydrogens (tertiary/aromatic N) is 1. The Morgan fingerprint density at radius 1 is 1.32 bits per heavy atom. The maximum atomic E-state index is 11.6. The van der Waals surface area contributed by atoms with Crippen molar-refractivity contribution in [2.45, 2.75) is 19.2 Å². The fourth-order valence-electron chi connectivity index (χ4n) is 1.79. The Balaban J connectivity index is 2.78. The summed E-state index contributed by atoms with van der Waals surface area (Å²) in [4.78, 5) is 4.46. The van der Waals surface area contributed by atoms with Crippen LogP contribution in [0, 0.1) is 0 Å². The molecule has 0 amide bonds. The SMILES string of the molecule is C=CCNC(=NCc1cccc(CS(=O)(=O)NC)c1)NCC. The van der Waals surface area contributed by atoms with E-state index in [0.717, 1.165) is 17.7 Å². The molecule has 0 aromatic heterocycles. The van der Waals surface area contributed by atoms with Gasteiger partial charge in [-0.1, -0.05) is 30.3 Å². The molecule has 7 heteroatoms. The molecule has 0 atom stereocenters. The van der Waals surface area contributed by atoms with Gasteiger partial charge in [0.25, 0.3) is 0 Å². The van der Waals surface area contributed by atoms with Crippen molar-refractivity contribution in [3.05, 3.63) is 48.0 Å². The van der Waals surface area contributed by atoms with Crippen LogP contribution in [0.25, 0.3) is 0 Å². The van der Waals surface area contributed by atoms with Gasteiger partial charge in [0, 0.05) is 13.1 Å². The van der Waals surface area contributed by atoms with Gasteiger partial charge >= 0.3 is 0 Å². The standard InChI is InChI=1S/C15H24N4O2S/c1-4-9-18-15(17-5-2)19-11-13-7-6-8-14(10-13)12-22(20,21)16-3/h4,6-8,10,16H,1,5,9,11-12H2,2-3H3,(H2,17,18,19). The Kier molecular flexibility index (Phi) is 7.62. The van der Waals surface area contributed by atoms with E-state index in [1.54, 1.807) is 12.1 Å². The molecule has 22 heavy (non-hydrogen) atoms. The van der Waals surface area contributed by atoms with Gasteiger partial charge in [0.15, 0.2) is 5.96 Å². The van der Waals surface area contributed by atoms with E-state index in [9.17, 15) is 8.42 Å². The second-order valence-electron chi connectivity index (χ2n) is 4.65. The second-order valence-corrected chi connectivity index (χ2v) is 6.57. The molecule has 0 fully saturated rings. The van der Waals surface area contributed by atoms with Crippen molar-refractivity contribution in [3.8, 4) is 0 Å². The zero-order chi connectivity index (χ0) is 16.4. The molecule has 0 saturated heterocycles. The van der Waals surface area contributed by atoms with Crippen LogP contribution >= 0.6 is 0 Å². The average Bonchev–Trinajstić information content (AvgIpc) is 2.50. The molecule has 122 valence electrons. The summed E-state index contributed by atoms with van der Waals surface area (Å²) in [6, 6.07) is 7.42. The molecule has 0 aliphatic rings. The van der Waals surface area contributed by atoms with Gasteiger partial charge in [-0.2, -0.15) is 0 Å². The van der Waals surface area contributed by atoms with Crippen LogP contribution in [0.3, 0.4) is 0 Å². The summed E-state index contributed by atoms with van der Waals surface area (Å²) < 4.78 is 25.5. The van der Waals surface area contributed by atoms with E-state index in [0.29, 0.717) is 19.0 Å². The summed E-state index contributed by atoms with van der Waals surface area (Å²) in [6.45, 7) is 7.52. The highest BCUT2D eigenvalue weighted by Crippen LogP contribution is 2.09. The number of rotatable bonds is 8. The van der Waals surface area contributed by atoms with Crippen molar-refractivity contribution in [2.24, 2.45) is 4.99 Å². The molecule has 0 spiro atoms. The summed E-state index contributed by atoms with van der Waals surface area (Å²) in [6.07, 6.45) is 1.76. The number of guanidine groups is 1. The van der Waals surface area contributed by atoms with E-state index in [1.165, 1.54) is 7.05 Å². The Labute approximate surface area is 132 Å². The quantitative estimate of drug-likeness (QED) is 0.378. The number of benzene rings is 1. The second kappa shape index (κ2) is 9.22. The summed E-state index contributed by atoms with van der Waals surface area (Å²) in [5.41, 5.74) is 1.70. The highest BCUT2D eigenvalue weighted by atomic mass is 32.2. The molecule has 0 radical (unpaired) electrons. The number of hydrogen-bond donors (Lipinski definition) is 3. The van der Waals surface area contributed by atoms with Gasteiger partial charge in [-0.25, -0.2) is 18.1 Å². The first-order chi connectivity index (χ1) is 10.5. The van der Waals surface area contributed by atoms with E-state index in [1.807, 2.05) is 25.1 Å². The number of nitrogens with one attached hydrogen (secondary N) is 3. The molecule has 0 heterocycles. The van der Waals surface area contributed by atoms with E-state index in [4.69, 9.17) is 0 Å². The van der Waals surface area contributed by atoms with Gasteiger partial charge in [0.2, 0.25) is 10.0 Å². The van der Waals surface area contributed by atoms with Crippen molar-refractivity contribution in [2.75, 3.05) is 20.1 Å². The van der Waals surface area contributed by atoms with Crippen LogP contribution in [0.2, 0.25) is 0 Å². The first-order valence-electron chi connectivity index (χ1n) is 7.13. The minimum atomic E-state index is -3.26. The Morgan fingerprint density at radius 3 is 2.68 bits per heavy atom. The summed E-state index contributed by atoms with van der Waals surface area (Å²) in [5, 5.41) is 6.25. The van der Waals surface area contributed by atoms with Gasteiger partial charge in [-0.3, -0.25) is 0 Å². The molecule has 0 aliphatic carbocycles. The molecule has 0 saturated carbocycles. The maximum absolute atomic E-state index is 11.6. The third-order valence-electron chi connectivity index (χ3n) is 2.84.